The monoisotopic (exact) mass is 235 g/mol. The van der Waals surface area contributed by atoms with E-state index < -0.39 is 0 Å². The number of rotatable bonds is 7. The van der Waals surface area contributed by atoms with E-state index in [9.17, 15) is 0 Å². The quantitative estimate of drug-likeness (QED) is 0.739. The molecule has 0 saturated carbocycles. The molecule has 3 nitrogen and oxygen atoms in total. The van der Waals surface area contributed by atoms with Gasteiger partial charge in [-0.05, 0) is 30.7 Å². The van der Waals surface area contributed by atoms with Crippen molar-refractivity contribution in [1.82, 2.24) is 0 Å². The molecule has 0 fully saturated rings. The zero-order valence-electron chi connectivity index (χ0n) is 10.6. The highest BCUT2D eigenvalue weighted by Gasteiger charge is 2.17. The van der Waals surface area contributed by atoms with Crippen molar-refractivity contribution in [2.45, 2.75) is 13.3 Å². The number of nitrogens with two attached hydrogens (primary N) is 1. The molecule has 1 aromatic carbocycles. The number of hydrogen-bond acceptors (Lipinski definition) is 3. The average Bonchev–Trinajstić information content (AvgIpc) is 2.39. The molecule has 0 radical (unpaired) electrons. The molecular formula is C14H21NO2. The van der Waals surface area contributed by atoms with Crippen LogP contribution in [0.15, 0.2) is 36.9 Å². The van der Waals surface area contributed by atoms with Gasteiger partial charge in [-0.15, -0.1) is 6.58 Å². The number of ether oxygens (including phenoxy) is 2. The zero-order valence-corrected chi connectivity index (χ0v) is 10.6. The third-order valence-electron chi connectivity index (χ3n) is 2.96. The lowest BCUT2D eigenvalue weighted by Crippen LogP contribution is -2.26. The summed E-state index contributed by atoms with van der Waals surface area (Å²) in [5.41, 5.74) is 5.64. The summed E-state index contributed by atoms with van der Waals surface area (Å²) in [6, 6.07) is 7.55. The second-order valence-electron chi connectivity index (χ2n) is 4.34. The molecule has 1 aromatic rings. The molecule has 0 amide bonds. The van der Waals surface area contributed by atoms with Crippen molar-refractivity contribution in [2.24, 2.45) is 11.1 Å². The van der Waals surface area contributed by atoms with Gasteiger partial charge in [-0.1, -0.05) is 13.0 Å². The van der Waals surface area contributed by atoms with E-state index in [4.69, 9.17) is 15.2 Å². The maximum Gasteiger partial charge on any atom is 0.119 e. The van der Waals surface area contributed by atoms with Gasteiger partial charge in [0.1, 0.15) is 11.5 Å². The van der Waals surface area contributed by atoms with Gasteiger partial charge in [-0.3, -0.25) is 0 Å². The highest BCUT2D eigenvalue weighted by atomic mass is 16.5. The summed E-state index contributed by atoms with van der Waals surface area (Å²) in [4.78, 5) is 0. The van der Waals surface area contributed by atoms with Gasteiger partial charge in [0.15, 0.2) is 0 Å². The summed E-state index contributed by atoms with van der Waals surface area (Å²) in [7, 11) is 1.65. The first-order valence-electron chi connectivity index (χ1n) is 5.74. The number of methoxy groups -OCH3 is 1. The summed E-state index contributed by atoms with van der Waals surface area (Å²) >= 11 is 0. The smallest absolute Gasteiger partial charge is 0.119 e. The minimum atomic E-state index is -0.0491. The Labute approximate surface area is 103 Å². The second-order valence-corrected chi connectivity index (χ2v) is 4.34. The van der Waals surface area contributed by atoms with Crippen molar-refractivity contribution < 1.29 is 9.47 Å². The Hall–Kier alpha value is -1.48. The van der Waals surface area contributed by atoms with Crippen LogP contribution in [-0.2, 0) is 0 Å². The predicted molar refractivity (Wildman–Crippen MR) is 70.5 cm³/mol. The molecule has 0 aliphatic rings. The summed E-state index contributed by atoms with van der Waals surface area (Å²) < 4.78 is 10.7. The highest BCUT2D eigenvalue weighted by molar-refractivity contribution is 5.31. The molecule has 94 valence electrons. The van der Waals surface area contributed by atoms with Crippen LogP contribution in [0.4, 0.5) is 0 Å². The molecule has 0 aliphatic heterocycles. The van der Waals surface area contributed by atoms with Crippen LogP contribution in [0.5, 0.6) is 11.5 Å². The summed E-state index contributed by atoms with van der Waals surface area (Å²) in [5.74, 6) is 1.67. The first kappa shape index (κ1) is 13.6. The lowest BCUT2D eigenvalue weighted by atomic mass is 9.88. The van der Waals surface area contributed by atoms with Gasteiger partial charge < -0.3 is 15.2 Å². The van der Waals surface area contributed by atoms with Gasteiger partial charge >= 0.3 is 0 Å². The van der Waals surface area contributed by atoms with E-state index in [0.29, 0.717) is 13.2 Å². The lowest BCUT2D eigenvalue weighted by molar-refractivity contribution is 0.253. The van der Waals surface area contributed by atoms with Crippen LogP contribution in [0.3, 0.4) is 0 Å². The topological polar surface area (TPSA) is 44.5 Å². The second kappa shape index (κ2) is 6.30. The van der Waals surface area contributed by atoms with Crippen LogP contribution in [0.2, 0.25) is 0 Å². The van der Waals surface area contributed by atoms with Crippen LogP contribution < -0.4 is 15.2 Å². The molecule has 1 unspecified atom stereocenters. The Morgan fingerprint density at radius 1 is 1.29 bits per heavy atom. The molecule has 1 atom stereocenters. The summed E-state index contributed by atoms with van der Waals surface area (Å²) in [6.07, 6.45) is 2.75. The van der Waals surface area contributed by atoms with Crippen molar-refractivity contribution in [2.75, 3.05) is 20.3 Å². The Morgan fingerprint density at radius 2 is 1.88 bits per heavy atom. The molecular weight excluding hydrogens is 214 g/mol. The Kier molecular flexibility index (Phi) is 5.04. The largest absolute Gasteiger partial charge is 0.497 e. The van der Waals surface area contributed by atoms with Gasteiger partial charge in [-0.25, -0.2) is 0 Å². The van der Waals surface area contributed by atoms with Crippen LogP contribution >= 0.6 is 0 Å². The van der Waals surface area contributed by atoms with E-state index in [2.05, 4.69) is 13.5 Å². The Bertz CT molecular complexity index is 348. The average molecular weight is 235 g/mol. The summed E-state index contributed by atoms with van der Waals surface area (Å²) in [5, 5.41) is 0. The van der Waals surface area contributed by atoms with E-state index in [1.54, 1.807) is 7.11 Å². The van der Waals surface area contributed by atoms with E-state index in [1.807, 2.05) is 30.3 Å². The molecule has 1 rings (SSSR count). The van der Waals surface area contributed by atoms with Gasteiger partial charge in [0.2, 0.25) is 0 Å². The molecule has 0 aliphatic carbocycles. The maximum atomic E-state index is 5.69. The van der Waals surface area contributed by atoms with E-state index in [1.165, 1.54) is 0 Å². The van der Waals surface area contributed by atoms with E-state index in [-0.39, 0.29) is 5.41 Å². The molecule has 3 heteroatoms. The normalized spacial score (nSPS) is 13.8. The highest BCUT2D eigenvalue weighted by Crippen LogP contribution is 2.22. The van der Waals surface area contributed by atoms with E-state index >= 15 is 0 Å². The number of benzene rings is 1. The number of hydrogen-bond donors (Lipinski definition) is 1. The van der Waals surface area contributed by atoms with Gasteiger partial charge in [0.25, 0.3) is 0 Å². The molecule has 17 heavy (non-hydrogen) atoms. The third kappa shape index (κ3) is 4.11. The van der Waals surface area contributed by atoms with Gasteiger partial charge in [0, 0.05) is 12.0 Å². The molecule has 2 N–H and O–H groups in total. The van der Waals surface area contributed by atoms with Crippen LogP contribution in [0.1, 0.15) is 13.3 Å². The zero-order chi connectivity index (χ0) is 12.7. The van der Waals surface area contributed by atoms with E-state index in [0.717, 1.165) is 17.9 Å². The SMILES string of the molecule is C=CC(C)(CN)CCOc1ccc(OC)cc1. The van der Waals surface area contributed by atoms with Crippen LogP contribution in [0.25, 0.3) is 0 Å². The van der Waals surface area contributed by atoms with Crippen LogP contribution in [-0.4, -0.2) is 20.3 Å². The van der Waals surface area contributed by atoms with Crippen molar-refractivity contribution in [3.63, 3.8) is 0 Å². The van der Waals surface area contributed by atoms with Crippen molar-refractivity contribution in [1.29, 1.82) is 0 Å². The lowest BCUT2D eigenvalue weighted by Gasteiger charge is -2.23. The maximum absolute atomic E-state index is 5.69. The minimum absolute atomic E-state index is 0.0491. The predicted octanol–water partition coefficient (Wildman–Crippen LogP) is 2.62. The third-order valence-corrected chi connectivity index (χ3v) is 2.96. The van der Waals surface area contributed by atoms with Gasteiger partial charge in [-0.2, -0.15) is 0 Å². The Morgan fingerprint density at radius 3 is 2.35 bits per heavy atom. The fourth-order valence-electron chi connectivity index (χ4n) is 1.36. The molecule has 0 bridgehead atoms. The fraction of sp³-hybridized carbons (Fsp3) is 0.429. The first-order valence-corrected chi connectivity index (χ1v) is 5.74. The molecule has 0 spiro atoms. The molecule has 0 saturated heterocycles. The summed E-state index contributed by atoms with van der Waals surface area (Å²) in [6.45, 7) is 7.10. The molecule has 0 heterocycles. The van der Waals surface area contributed by atoms with Crippen molar-refractivity contribution in [3.05, 3.63) is 36.9 Å². The van der Waals surface area contributed by atoms with Crippen molar-refractivity contribution in [3.8, 4) is 11.5 Å². The Balaban J connectivity index is 2.42. The minimum Gasteiger partial charge on any atom is -0.497 e. The van der Waals surface area contributed by atoms with Gasteiger partial charge in [0.05, 0.1) is 13.7 Å². The standard InChI is InChI=1S/C14H21NO2/c1-4-14(2,11-15)9-10-17-13-7-5-12(16-3)6-8-13/h4-8H,1,9-11,15H2,2-3H3. The first-order chi connectivity index (χ1) is 8.13. The van der Waals surface area contributed by atoms with Crippen molar-refractivity contribution >= 4 is 0 Å². The molecule has 0 aromatic heterocycles. The fourth-order valence-corrected chi connectivity index (χ4v) is 1.36. The van der Waals surface area contributed by atoms with Crippen LogP contribution in [0, 0.1) is 5.41 Å².